The van der Waals surface area contributed by atoms with E-state index in [-0.39, 0.29) is 30.9 Å². The molecule has 34 heavy (non-hydrogen) atoms. The van der Waals surface area contributed by atoms with E-state index in [1.54, 1.807) is 0 Å². The molecule has 0 saturated heterocycles. The molecule has 9 nitrogen and oxygen atoms in total. The number of nitrogens with two attached hydrogens (primary N) is 1. The highest BCUT2D eigenvalue weighted by Crippen LogP contribution is 2.23. The first kappa shape index (κ1) is 25.4. The first-order valence-corrected chi connectivity index (χ1v) is 12.1. The molecule has 0 bridgehead atoms. The zero-order valence-electron chi connectivity index (χ0n) is 18.3. The lowest BCUT2D eigenvalue weighted by atomic mass is 10.1. The smallest absolute Gasteiger partial charge is 0.355 e. The molecule has 0 radical (unpaired) electrons. The van der Waals surface area contributed by atoms with Crippen molar-refractivity contribution in [3.05, 3.63) is 58.1 Å². The van der Waals surface area contributed by atoms with E-state index in [2.05, 4.69) is 10.3 Å². The van der Waals surface area contributed by atoms with Gasteiger partial charge in [0.15, 0.2) is 0 Å². The first-order chi connectivity index (χ1) is 15.8. The minimum Gasteiger partial charge on any atom is -0.355 e. The number of primary sulfonamides is 1. The Kier molecular flexibility index (Phi) is 7.46. The van der Waals surface area contributed by atoms with Crippen molar-refractivity contribution in [2.24, 2.45) is 5.14 Å². The van der Waals surface area contributed by atoms with Gasteiger partial charge in [0.05, 0.1) is 17.9 Å². The van der Waals surface area contributed by atoms with Gasteiger partial charge in [0.25, 0.3) is 5.56 Å². The van der Waals surface area contributed by atoms with Crippen LogP contribution in [0.1, 0.15) is 24.0 Å². The summed E-state index contributed by atoms with van der Waals surface area (Å²) < 4.78 is 62.6. The number of imidazole rings is 1. The summed E-state index contributed by atoms with van der Waals surface area (Å²) in [5.41, 5.74) is 1.68. The number of hydrogen-bond acceptors (Lipinski definition) is 5. The third-order valence-electron chi connectivity index (χ3n) is 5.02. The van der Waals surface area contributed by atoms with Gasteiger partial charge in [-0.25, -0.2) is 18.5 Å². The van der Waals surface area contributed by atoms with Crippen LogP contribution in [0.5, 0.6) is 0 Å². The minimum absolute atomic E-state index is 0.0282. The summed E-state index contributed by atoms with van der Waals surface area (Å²) in [5, 5.41) is 7.26. The van der Waals surface area contributed by atoms with Gasteiger partial charge in [0, 0.05) is 43.0 Å². The number of sulfonamides is 1. The van der Waals surface area contributed by atoms with E-state index in [0.717, 1.165) is 11.1 Å². The van der Waals surface area contributed by atoms with Crippen LogP contribution in [0.25, 0.3) is 17.0 Å². The number of carbonyl (C=O) groups is 1. The summed E-state index contributed by atoms with van der Waals surface area (Å²) in [7, 11) is -3.77. The maximum Gasteiger partial charge on any atom is 0.389 e. The van der Waals surface area contributed by atoms with E-state index in [1.165, 1.54) is 21.4 Å². The fourth-order valence-electron chi connectivity index (χ4n) is 3.35. The van der Waals surface area contributed by atoms with Gasteiger partial charge in [0.1, 0.15) is 0 Å². The van der Waals surface area contributed by atoms with Crippen molar-refractivity contribution in [3.63, 3.8) is 0 Å². The molecule has 0 unspecified atom stereocenters. The Morgan fingerprint density at radius 2 is 1.85 bits per heavy atom. The molecule has 1 aromatic carbocycles. The SMILES string of the molecule is Cc1ccc(-c2cn3c(=O)c(CC(=O)NCCS(N)(=O)=O)cn(CCCC(F)(F)F)c3n2)cc1. The van der Waals surface area contributed by atoms with E-state index in [9.17, 15) is 31.2 Å². The van der Waals surface area contributed by atoms with Crippen molar-refractivity contribution in [2.45, 2.75) is 38.9 Å². The van der Waals surface area contributed by atoms with Crippen molar-refractivity contribution in [1.29, 1.82) is 0 Å². The van der Waals surface area contributed by atoms with E-state index in [1.807, 2.05) is 31.2 Å². The number of nitrogens with one attached hydrogen (secondary N) is 1. The molecule has 3 rings (SSSR count). The zero-order valence-corrected chi connectivity index (χ0v) is 19.1. The molecule has 3 N–H and O–H groups in total. The fraction of sp³-hybridized carbons (Fsp3) is 0.381. The zero-order chi connectivity index (χ0) is 25.1. The van der Waals surface area contributed by atoms with Crippen molar-refractivity contribution in [3.8, 4) is 11.3 Å². The largest absolute Gasteiger partial charge is 0.389 e. The number of amides is 1. The number of hydrogen-bond donors (Lipinski definition) is 2. The number of fused-ring (bicyclic) bond motifs is 1. The molecule has 0 aliphatic rings. The molecular formula is C21H24F3N5O4S. The summed E-state index contributed by atoms with van der Waals surface area (Å²) in [6, 6.07) is 7.36. The molecule has 184 valence electrons. The predicted molar refractivity (Wildman–Crippen MR) is 120 cm³/mol. The van der Waals surface area contributed by atoms with Crippen LogP contribution >= 0.6 is 0 Å². The van der Waals surface area contributed by atoms with E-state index in [4.69, 9.17) is 5.14 Å². The fourth-order valence-corrected chi connectivity index (χ4v) is 3.73. The molecular weight excluding hydrogens is 475 g/mol. The molecule has 0 aliphatic heterocycles. The van der Waals surface area contributed by atoms with Gasteiger partial charge in [-0.2, -0.15) is 13.2 Å². The summed E-state index contributed by atoms with van der Waals surface area (Å²) in [6.07, 6.45) is -3.18. The maximum absolute atomic E-state index is 13.0. The molecule has 2 heterocycles. The summed E-state index contributed by atoms with van der Waals surface area (Å²) in [4.78, 5) is 29.7. The Hall–Kier alpha value is -3.19. The van der Waals surface area contributed by atoms with E-state index < -0.39 is 46.3 Å². The van der Waals surface area contributed by atoms with Crippen LogP contribution in [-0.2, 0) is 27.8 Å². The predicted octanol–water partition coefficient (Wildman–Crippen LogP) is 1.76. The molecule has 0 fully saturated rings. The van der Waals surface area contributed by atoms with Crippen LogP contribution in [0.4, 0.5) is 13.2 Å². The summed E-state index contributed by atoms with van der Waals surface area (Å²) in [6.45, 7) is 1.61. The lowest BCUT2D eigenvalue weighted by Crippen LogP contribution is -2.34. The third kappa shape index (κ3) is 6.90. The lowest BCUT2D eigenvalue weighted by Gasteiger charge is -2.12. The van der Waals surface area contributed by atoms with Crippen LogP contribution in [-0.4, -0.2) is 46.8 Å². The second-order valence-corrected chi connectivity index (χ2v) is 9.66. The Balaban J connectivity index is 1.94. The molecule has 2 aromatic heterocycles. The number of carbonyl (C=O) groups excluding carboxylic acids is 1. The highest BCUT2D eigenvalue weighted by molar-refractivity contribution is 7.89. The van der Waals surface area contributed by atoms with Gasteiger partial charge in [-0.1, -0.05) is 29.8 Å². The van der Waals surface area contributed by atoms with Gasteiger partial charge < -0.3 is 9.88 Å². The highest BCUT2D eigenvalue weighted by Gasteiger charge is 2.26. The van der Waals surface area contributed by atoms with Crippen molar-refractivity contribution in [1.82, 2.24) is 19.3 Å². The second kappa shape index (κ2) is 9.97. The van der Waals surface area contributed by atoms with Crippen LogP contribution in [0.15, 0.2) is 41.5 Å². The Labute approximate surface area is 193 Å². The van der Waals surface area contributed by atoms with Crippen LogP contribution in [0.3, 0.4) is 0 Å². The highest BCUT2D eigenvalue weighted by atomic mass is 32.2. The van der Waals surface area contributed by atoms with Gasteiger partial charge >= 0.3 is 6.18 Å². The monoisotopic (exact) mass is 499 g/mol. The number of aromatic nitrogens is 3. The van der Waals surface area contributed by atoms with Crippen LogP contribution < -0.4 is 16.0 Å². The van der Waals surface area contributed by atoms with Crippen molar-refractivity contribution in [2.75, 3.05) is 12.3 Å². The van der Waals surface area contributed by atoms with Crippen LogP contribution in [0, 0.1) is 6.92 Å². The van der Waals surface area contributed by atoms with Gasteiger partial charge in [-0.05, 0) is 13.3 Å². The van der Waals surface area contributed by atoms with Crippen LogP contribution in [0.2, 0.25) is 0 Å². The first-order valence-electron chi connectivity index (χ1n) is 10.3. The normalized spacial score (nSPS) is 12.3. The molecule has 13 heteroatoms. The molecule has 0 saturated carbocycles. The van der Waals surface area contributed by atoms with Crippen molar-refractivity contribution < 1.29 is 26.4 Å². The Morgan fingerprint density at radius 3 is 2.47 bits per heavy atom. The lowest BCUT2D eigenvalue weighted by molar-refractivity contribution is -0.135. The molecule has 0 aliphatic carbocycles. The number of aryl methyl sites for hydroxylation is 2. The van der Waals surface area contributed by atoms with Gasteiger partial charge in [0.2, 0.25) is 21.7 Å². The number of halogens is 3. The molecule has 0 spiro atoms. The van der Waals surface area contributed by atoms with Gasteiger partial charge in [-0.15, -0.1) is 0 Å². The molecule has 3 aromatic rings. The number of rotatable bonds is 9. The molecule has 1 amide bonds. The second-order valence-electron chi connectivity index (χ2n) is 7.93. The van der Waals surface area contributed by atoms with Gasteiger partial charge in [-0.3, -0.25) is 14.0 Å². The Bertz CT molecular complexity index is 1350. The average molecular weight is 500 g/mol. The quantitative estimate of drug-likeness (QED) is 0.464. The maximum atomic E-state index is 13.0. The number of benzene rings is 1. The van der Waals surface area contributed by atoms with E-state index >= 15 is 0 Å². The summed E-state index contributed by atoms with van der Waals surface area (Å²) in [5.74, 6) is -0.942. The standard InChI is InChI=1S/C21H24F3N5O4S/c1-14-3-5-15(6-4-14)17-13-29-19(31)16(11-18(30)26-8-10-34(25,32)33)12-28(20(29)27-17)9-2-7-21(22,23)24/h3-6,12-13H,2,7-11H2,1H3,(H,26,30)(H2,25,32,33). The van der Waals surface area contributed by atoms with E-state index in [0.29, 0.717) is 5.69 Å². The Morgan fingerprint density at radius 1 is 1.18 bits per heavy atom. The topological polar surface area (TPSA) is 129 Å². The summed E-state index contributed by atoms with van der Waals surface area (Å²) >= 11 is 0. The minimum atomic E-state index is -4.33. The van der Waals surface area contributed by atoms with Crippen molar-refractivity contribution >= 4 is 21.7 Å². The third-order valence-corrected chi connectivity index (χ3v) is 5.79. The molecule has 0 atom stereocenters. The number of nitrogens with zero attached hydrogens (tertiary/aromatic N) is 3. The average Bonchev–Trinajstić information content (AvgIpc) is 3.16. The number of alkyl halides is 3.